The van der Waals surface area contributed by atoms with Gasteiger partial charge in [-0.2, -0.15) is 5.26 Å². The van der Waals surface area contributed by atoms with E-state index in [1.165, 1.54) is 0 Å². The molecule has 2 aromatic carbocycles. The van der Waals surface area contributed by atoms with Gasteiger partial charge in [-0.25, -0.2) is 4.98 Å². The van der Waals surface area contributed by atoms with Crippen molar-refractivity contribution in [2.75, 3.05) is 18.4 Å². The van der Waals surface area contributed by atoms with Crippen molar-refractivity contribution in [1.82, 2.24) is 10.3 Å². The predicted octanol–water partition coefficient (Wildman–Crippen LogP) is 3.57. The van der Waals surface area contributed by atoms with Crippen LogP contribution in [0.15, 0.2) is 48.5 Å². The number of pyridine rings is 1. The third kappa shape index (κ3) is 3.81. The number of anilines is 1. The smallest absolute Gasteiger partial charge is 0.251 e. The summed E-state index contributed by atoms with van der Waals surface area (Å²) < 4.78 is 0. The molecule has 1 amide bonds. The molecule has 0 saturated carbocycles. The lowest BCUT2D eigenvalue weighted by atomic mass is 10.0. The molecule has 0 aliphatic rings. The van der Waals surface area contributed by atoms with Crippen LogP contribution < -0.4 is 10.6 Å². The van der Waals surface area contributed by atoms with Gasteiger partial charge in [0.05, 0.1) is 11.1 Å². The number of hydrogen-bond donors (Lipinski definition) is 2. The highest BCUT2D eigenvalue weighted by Gasteiger charge is 2.09. The van der Waals surface area contributed by atoms with E-state index in [1.807, 2.05) is 44.2 Å². The van der Waals surface area contributed by atoms with Crippen LogP contribution in [0.5, 0.6) is 0 Å². The summed E-state index contributed by atoms with van der Waals surface area (Å²) >= 11 is 0. The molecule has 3 aromatic rings. The second kappa shape index (κ2) is 7.66. The maximum atomic E-state index is 12.0. The van der Waals surface area contributed by atoms with E-state index in [0.717, 1.165) is 22.0 Å². The first-order valence-electron chi connectivity index (χ1n) is 8.47. The average Bonchev–Trinajstić information content (AvgIpc) is 2.65. The number of aryl methyl sites for hydroxylation is 2. The molecule has 1 aromatic heterocycles. The Morgan fingerprint density at radius 3 is 2.62 bits per heavy atom. The Bertz CT molecular complexity index is 990. The number of carbonyl (C=O) groups is 1. The predicted molar refractivity (Wildman–Crippen MR) is 103 cm³/mol. The van der Waals surface area contributed by atoms with Crippen molar-refractivity contribution in [2.24, 2.45) is 0 Å². The molecule has 0 aliphatic heterocycles. The Kier molecular flexibility index (Phi) is 5.14. The number of fused-ring (bicyclic) bond motifs is 1. The fourth-order valence-corrected chi connectivity index (χ4v) is 2.90. The quantitative estimate of drug-likeness (QED) is 0.694. The van der Waals surface area contributed by atoms with Crippen molar-refractivity contribution in [2.45, 2.75) is 13.8 Å². The van der Waals surface area contributed by atoms with E-state index in [-0.39, 0.29) is 5.91 Å². The normalized spacial score (nSPS) is 10.3. The second-order valence-electron chi connectivity index (χ2n) is 6.19. The largest absolute Gasteiger partial charge is 0.367 e. The minimum atomic E-state index is -0.120. The van der Waals surface area contributed by atoms with Crippen LogP contribution in [-0.2, 0) is 0 Å². The Morgan fingerprint density at radius 2 is 1.88 bits per heavy atom. The molecule has 26 heavy (non-hydrogen) atoms. The van der Waals surface area contributed by atoms with Gasteiger partial charge in [-0.1, -0.05) is 24.3 Å². The Morgan fingerprint density at radius 1 is 1.12 bits per heavy atom. The third-order valence-electron chi connectivity index (χ3n) is 4.14. The lowest BCUT2D eigenvalue weighted by molar-refractivity contribution is 0.0955. The standard InChI is InChI=1S/C21H20N4O/c1-14-10-15(2)18-12-17(13-22)20(25-19(18)11-14)23-8-9-24-21(26)16-6-4-3-5-7-16/h3-7,10-12H,8-9H2,1-2H3,(H,23,25)(H,24,26). The van der Waals surface area contributed by atoms with E-state index >= 15 is 0 Å². The molecule has 0 aliphatic carbocycles. The number of carbonyl (C=O) groups excluding carboxylic acids is 1. The Hall–Kier alpha value is -3.39. The molecule has 0 unspecified atom stereocenters. The number of hydrogen-bond acceptors (Lipinski definition) is 4. The number of nitrogens with zero attached hydrogens (tertiary/aromatic N) is 2. The monoisotopic (exact) mass is 344 g/mol. The average molecular weight is 344 g/mol. The maximum Gasteiger partial charge on any atom is 0.251 e. The van der Waals surface area contributed by atoms with Gasteiger partial charge in [0.1, 0.15) is 11.9 Å². The van der Waals surface area contributed by atoms with Crippen molar-refractivity contribution in [1.29, 1.82) is 5.26 Å². The molecule has 0 saturated heterocycles. The van der Waals surface area contributed by atoms with Crippen LogP contribution in [0.3, 0.4) is 0 Å². The number of amides is 1. The highest BCUT2D eigenvalue weighted by molar-refractivity contribution is 5.94. The fourth-order valence-electron chi connectivity index (χ4n) is 2.90. The molecule has 2 N–H and O–H groups in total. The summed E-state index contributed by atoms with van der Waals surface area (Å²) in [6.45, 7) is 4.96. The number of nitrogens with one attached hydrogen (secondary N) is 2. The molecule has 130 valence electrons. The topological polar surface area (TPSA) is 77.8 Å². The molecule has 0 atom stereocenters. The van der Waals surface area contributed by atoms with Crippen molar-refractivity contribution >= 4 is 22.6 Å². The van der Waals surface area contributed by atoms with Crippen molar-refractivity contribution in [3.8, 4) is 6.07 Å². The number of nitriles is 1. The summed E-state index contributed by atoms with van der Waals surface area (Å²) in [5.41, 5.74) is 4.22. The fraction of sp³-hybridized carbons (Fsp3) is 0.190. The van der Waals surface area contributed by atoms with Gasteiger partial charge in [0, 0.05) is 24.0 Å². The summed E-state index contributed by atoms with van der Waals surface area (Å²) in [5, 5.41) is 16.4. The minimum Gasteiger partial charge on any atom is -0.367 e. The van der Waals surface area contributed by atoms with Gasteiger partial charge in [0.2, 0.25) is 0 Å². The summed E-state index contributed by atoms with van der Waals surface area (Å²) in [6.07, 6.45) is 0. The molecule has 5 nitrogen and oxygen atoms in total. The van der Waals surface area contributed by atoms with Gasteiger partial charge in [-0.15, -0.1) is 0 Å². The van der Waals surface area contributed by atoms with Crippen molar-refractivity contribution in [3.05, 3.63) is 70.8 Å². The van der Waals surface area contributed by atoms with Crippen LogP contribution in [0.25, 0.3) is 10.9 Å². The van der Waals surface area contributed by atoms with Gasteiger partial charge < -0.3 is 10.6 Å². The second-order valence-corrected chi connectivity index (χ2v) is 6.19. The maximum absolute atomic E-state index is 12.0. The summed E-state index contributed by atoms with van der Waals surface area (Å²) in [7, 11) is 0. The summed E-state index contributed by atoms with van der Waals surface area (Å²) in [6, 6.07) is 17.2. The van der Waals surface area contributed by atoms with Gasteiger partial charge in [0.25, 0.3) is 5.91 Å². The summed E-state index contributed by atoms with van der Waals surface area (Å²) in [5.74, 6) is 0.421. The van der Waals surface area contributed by atoms with Crippen molar-refractivity contribution < 1.29 is 4.79 Å². The Labute approximate surface area is 152 Å². The van der Waals surface area contributed by atoms with Gasteiger partial charge in [-0.05, 0) is 49.2 Å². The molecule has 1 heterocycles. The van der Waals surface area contributed by atoms with Crippen LogP contribution >= 0.6 is 0 Å². The lowest BCUT2D eigenvalue weighted by Gasteiger charge is -2.11. The van der Waals surface area contributed by atoms with Gasteiger partial charge in [-0.3, -0.25) is 4.79 Å². The van der Waals surface area contributed by atoms with Gasteiger partial charge >= 0.3 is 0 Å². The number of aromatic nitrogens is 1. The molecule has 5 heteroatoms. The van der Waals surface area contributed by atoms with Crippen LogP contribution in [0, 0.1) is 25.2 Å². The first kappa shape index (κ1) is 17.4. The molecule has 3 rings (SSSR count). The zero-order chi connectivity index (χ0) is 18.5. The highest BCUT2D eigenvalue weighted by Crippen LogP contribution is 2.24. The van der Waals surface area contributed by atoms with Crippen LogP contribution in [0.1, 0.15) is 27.0 Å². The first-order chi connectivity index (χ1) is 12.6. The van der Waals surface area contributed by atoms with Crippen LogP contribution in [-0.4, -0.2) is 24.0 Å². The van der Waals surface area contributed by atoms with E-state index in [9.17, 15) is 10.1 Å². The van der Waals surface area contributed by atoms with E-state index in [2.05, 4.69) is 27.8 Å². The number of rotatable bonds is 5. The van der Waals surface area contributed by atoms with Crippen LogP contribution in [0.4, 0.5) is 5.82 Å². The SMILES string of the molecule is Cc1cc(C)c2cc(C#N)c(NCCNC(=O)c3ccccc3)nc2c1. The zero-order valence-corrected chi connectivity index (χ0v) is 14.8. The van der Waals surface area contributed by atoms with E-state index < -0.39 is 0 Å². The molecule has 0 bridgehead atoms. The molecule has 0 radical (unpaired) electrons. The molecule has 0 fully saturated rings. The van der Waals surface area contributed by atoms with E-state index in [1.54, 1.807) is 12.1 Å². The highest BCUT2D eigenvalue weighted by atomic mass is 16.1. The summed E-state index contributed by atoms with van der Waals surface area (Å²) in [4.78, 5) is 16.6. The lowest BCUT2D eigenvalue weighted by Crippen LogP contribution is -2.29. The molecule has 0 spiro atoms. The minimum absolute atomic E-state index is 0.120. The van der Waals surface area contributed by atoms with Crippen LogP contribution in [0.2, 0.25) is 0 Å². The number of benzene rings is 2. The Balaban J connectivity index is 1.69. The third-order valence-corrected chi connectivity index (χ3v) is 4.14. The van der Waals surface area contributed by atoms with E-state index in [0.29, 0.717) is 30.0 Å². The first-order valence-corrected chi connectivity index (χ1v) is 8.47. The van der Waals surface area contributed by atoms with Crippen molar-refractivity contribution in [3.63, 3.8) is 0 Å². The molecular formula is C21H20N4O. The van der Waals surface area contributed by atoms with Gasteiger partial charge in [0.15, 0.2) is 0 Å². The molecular weight excluding hydrogens is 324 g/mol. The zero-order valence-electron chi connectivity index (χ0n) is 14.8. The van der Waals surface area contributed by atoms with E-state index in [4.69, 9.17) is 0 Å².